The number of halogens is 1. The van der Waals surface area contributed by atoms with E-state index in [0.717, 1.165) is 16.9 Å². The van der Waals surface area contributed by atoms with Gasteiger partial charge in [0, 0.05) is 26.0 Å². The fourth-order valence-electron chi connectivity index (χ4n) is 2.36. The fourth-order valence-corrected chi connectivity index (χ4v) is 2.36. The third-order valence-corrected chi connectivity index (χ3v) is 3.90. The molecule has 3 aromatic rings. The zero-order valence-corrected chi connectivity index (χ0v) is 15.1. The molecule has 0 aromatic heterocycles. The summed E-state index contributed by atoms with van der Waals surface area (Å²) in [5, 5.41) is 0. The van der Waals surface area contributed by atoms with Crippen molar-refractivity contribution in [2.75, 3.05) is 19.0 Å². The van der Waals surface area contributed by atoms with Gasteiger partial charge in [0.25, 0.3) is 0 Å². The Morgan fingerprint density at radius 3 is 2.15 bits per heavy atom. The van der Waals surface area contributed by atoms with E-state index in [4.69, 9.17) is 4.74 Å². The van der Waals surface area contributed by atoms with Gasteiger partial charge in [0.15, 0.2) is 0 Å². The highest BCUT2D eigenvalue weighted by molar-refractivity contribution is 5.91. The van der Waals surface area contributed by atoms with Crippen LogP contribution >= 0.6 is 0 Å². The van der Waals surface area contributed by atoms with Crippen LogP contribution in [-0.2, 0) is 0 Å². The van der Waals surface area contributed by atoms with Crippen molar-refractivity contribution >= 4 is 23.6 Å². The third-order valence-electron chi connectivity index (χ3n) is 3.90. The minimum absolute atomic E-state index is 0.295. The van der Waals surface area contributed by atoms with Crippen molar-refractivity contribution in [2.24, 2.45) is 4.99 Å². The van der Waals surface area contributed by atoms with Gasteiger partial charge in [-0.2, -0.15) is 0 Å². The summed E-state index contributed by atoms with van der Waals surface area (Å²) in [7, 11) is 3.98. The van der Waals surface area contributed by atoms with Crippen LogP contribution in [0, 0.1) is 5.82 Å². The predicted molar refractivity (Wildman–Crippen MR) is 106 cm³/mol. The maximum absolute atomic E-state index is 12.9. The number of aliphatic imine (C=N–C) groups is 1. The standard InChI is InChI=1S/C22H19FN2O2/c1-25(2)20-11-9-19(10-12-20)24-15-16-3-13-21(14-4-16)27-22(26)17-5-7-18(23)8-6-17/h3-15H,1-2H3. The lowest BCUT2D eigenvalue weighted by molar-refractivity contribution is 0.0734. The third kappa shape index (κ3) is 5.01. The molecule has 0 unspecified atom stereocenters. The van der Waals surface area contributed by atoms with Crippen molar-refractivity contribution in [3.63, 3.8) is 0 Å². The summed E-state index contributed by atoms with van der Waals surface area (Å²) in [6.07, 6.45) is 1.75. The number of ether oxygens (including phenoxy) is 1. The number of carbonyl (C=O) groups is 1. The Kier molecular flexibility index (Phi) is 5.61. The van der Waals surface area contributed by atoms with Crippen molar-refractivity contribution in [3.05, 3.63) is 89.7 Å². The van der Waals surface area contributed by atoms with Gasteiger partial charge in [-0.05, 0) is 78.4 Å². The normalized spacial score (nSPS) is 10.8. The molecule has 136 valence electrons. The van der Waals surface area contributed by atoms with Crippen LogP contribution < -0.4 is 9.64 Å². The molecule has 0 bridgehead atoms. The summed E-state index contributed by atoms with van der Waals surface area (Å²) < 4.78 is 18.2. The number of benzene rings is 3. The molecule has 0 aliphatic rings. The van der Waals surface area contributed by atoms with Crippen LogP contribution in [0.1, 0.15) is 15.9 Å². The van der Waals surface area contributed by atoms with E-state index in [2.05, 4.69) is 4.99 Å². The second-order valence-electron chi connectivity index (χ2n) is 6.13. The molecular weight excluding hydrogens is 343 g/mol. The lowest BCUT2D eigenvalue weighted by Gasteiger charge is -2.11. The molecule has 0 radical (unpaired) electrons. The summed E-state index contributed by atoms with van der Waals surface area (Å²) in [6, 6.07) is 20.1. The molecule has 4 nitrogen and oxygen atoms in total. The Labute approximate surface area is 157 Å². The Bertz CT molecular complexity index is 932. The van der Waals surface area contributed by atoms with Gasteiger partial charge in [-0.3, -0.25) is 4.99 Å². The van der Waals surface area contributed by atoms with Crippen molar-refractivity contribution < 1.29 is 13.9 Å². The second kappa shape index (κ2) is 8.27. The number of esters is 1. The zero-order valence-electron chi connectivity index (χ0n) is 15.1. The Morgan fingerprint density at radius 2 is 1.56 bits per heavy atom. The van der Waals surface area contributed by atoms with E-state index in [1.165, 1.54) is 24.3 Å². The van der Waals surface area contributed by atoms with Gasteiger partial charge in [-0.15, -0.1) is 0 Å². The highest BCUT2D eigenvalue weighted by Gasteiger charge is 2.08. The number of nitrogens with zero attached hydrogens (tertiary/aromatic N) is 2. The SMILES string of the molecule is CN(C)c1ccc(N=Cc2ccc(OC(=O)c3ccc(F)cc3)cc2)cc1. The quantitative estimate of drug-likeness (QED) is 0.370. The number of carbonyl (C=O) groups excluding carboxylic acids is 1. The number of hydrogen-bond donors (Lipinski definition) is 0. The molecule has 27 heavy (non-hydrogen) atoms. The van der Waals surface area contributed by atoms with Crippen molar-refractivity contribution in [3.8, 4) is 5.75 Å². The first-order valence-electron chi connectivity index (χ1n) is 8.40. The molecule has 0 fully saturated rings. The molecule has 0 heterocycles. The highest BCUT2D eigenvalue weighted by Crippen LogP contribution is 2.19. The van der Waals surface area contributed by atoms with E-state index in [1.807, 2.05) is 55.4 Å². The molecule has 3 rings (SSSR count). The monoisotopic (exact) mass is 362 g/mol. The van der Waals surface area contributed by atoms with Gasteiger partial charge in [-0.25, -0.2) is 9.18 Å². The molecule has 0 aliphatic heterocycles. The number of rotatable bonds is 5. The first kappa shape index (κ1) is 18.3. The van der Waals surface area contributed by atoms with Gasteiger partial charge >= 0.3 is 5.97 Å². The maximum atomic E-state index is 12.9. The van der Waals surface area contributed by atoms with Crippen LogP contribution in [0.25, 0.3) is 0 Å². The lowest BCUT2D eigenvalue weighted by Crippen LogP contribution is -2.08. The van der Waals surface area contributed by atoms with E-state index in [9.17, 15) is 9.18 Å². The zero-order chi connectivity index (χ0) is 19.2. The minimum Gasteiger partial charge on any atom is -0.423 e. The lowest BCUT2D eigenvalue weighted by atomic mass is 10.2. The fraction of sp³-hybridized carbons (Fsp3) is 0.0909. The van der Waals surface area contributed by atoms with Crippen molar-refractivity contribution in [1.82, 2.24) is 0 Å². The van der Waals surface area contributed by atoms with Gasteiger partial charge < -0.3 is 9.64 Å². The van der Waals surface area contributed by atoms with E-state index in [0.29, 0.717) is 11.3 Å². The molecule has 0 saturated carbocycles. The average Bonchev–Trinajstić information content (AvgIpc) is 2.68. The first-order chi connectivity index (χ1) is 13.0. The maximum Gasteiger partial charge on any atom is 0.343 e. The number of anilines is 1. The van der Waals surface area contributed by atoms with Gasteiger partial charge in [-0.1, -0.05) is 0 Å². The van der Waals surface area contributed by atoms with Crippen LogP contribution in [-0.4, -0.2) is 26.3 Å². The topological polar surface area (TPSA) is 41.9 Å². The van der Waals surface area contributed by atoms with Crippen LogP contribution in [0.4, 0.5) is 15.8 Å². The Hall–Kier alpha value is -3.47. The van der Waals surface area contributed by atoms with Crippen LogP contribution in [0.2, 0.25) is 0 Å². The molecule has 0 aliphatic carbocycles. The molecular formula is C22H19FN2O2. The highest BCUT2D eigenvalue weighted by atomic mass is 19.1. The summed E-state index contributed by atoms with van der Waals surface area (Å²) in [5.74, 6) is -0.513. The largest absolute Gasteiger partial charge is 0.423 e. The summed E-state index contributed by atoms with van der Waals surface area (Å²) >= 11 is 0. The molecule has 0 amide bonds. The molecule has 3 aromatic carbocycles. The van der Waals surface area contributed by atoms with Gasteiger partial charge in [0.2, 0.25) is 0 Å². The Balaban J connectivity index is 1.62. The van der Waals surface area contributed by atoms with E-state index in [-0.39, 0.29) is 0 Å². The molecule has 5 heteroatoms. The summed E-state index contributed by atoms with van der Waals surface area (Å²) in [5.41, 5.74) is 3.14. The second-order valence-corrected chi connectivity index (χ2v) is 6.13. The predicted octanol–water partition coefficient (Wildman–Crippen LogP) is 4.86. The first-order valence-corrected chi connectivity index (χ1v) is 8.40. The molecule has 0 saturated heterocycles. The molecule has 0 spiro atoms. The Morgan fingerprint density at radius 1 is 0.926 bits per heavy atom. The minimum atomic E-state index is -0.530. The van der Waals surface area contributed by atoms with Crippen LogP contribution in [0.15, 0.2) is 77.8 Å². The average molecular weight is 362 g/mol. The summed E-state index contributed by atoms with van der Waals surface area (Å²) in [4.78, 5) is 18.5. The summed E-state index contributed by atoms with van der Waals surface area (Å²) in [6.45, 7) is 0. The molecule has 0 atom stereocenters. The van der Waals surface area contributed by atoms with Crippen molar-refractivity contribution in [2.45, 2.75) is 0 Å². The van der Waals surface area contributed by atoms with Crippen LogP contribution in [0.5, 0.6) is 5.75 Å². The van der Waals surface area contributed by atoms with Gasteiger partial charge in [0.05, 0.1) is 11.3 Å². The van der Waals surface area contributed by atoms with Crippen LogP contribution in [0.3, 0.4) is 0 Å². The van der Waals surface area contributed by atoms with E-state index >= 15 is 0 Å². The van der Waals surface area contributed by atoms with E-state index < -0.39 is 11.8 Å². The smallest absolute Gasteiger partial charge is 0.343 e. The molecule has 0 N–H and O–H groups in total. The number of hydrogen-bond acceptors (Lipinski definition) is 4. The van der Waals surface area contributed by atoms with Crippen molar-refractivity contribution in [1.29, 1.82) is 0 Å². The van der Waals surface area contributed by atoms with E-state index in [1.54, 1.807) is 18.3 Å². The van der Waals surface area contributed by atoms with Gasteiger partial charge in [0.1, 0.15) is 11.6 Å².